The van der Waals surface area contributed by atoms with Crippen molar-refractivity contribution < 1.29 is 9.18 Å². The Hall–Kier alpha value is -2.16. The van der Waals surface area contributed by atoms with E-state index in [1.807, 2.05) is 12.2 Å². The molecule has 0 radical (unpaired) electrons. The minimum absolute atomic E-state index is 0.0933. The number of hydrogen-bond acceptors (Lipinski definition) is 1. The lowest BCUT2D eigenvalue weighted by molar-refractivity contribution is 0.0795. The number of benzene rings is 1. The number of carbonyl (C=O) groups is 1. The summed E-state index contributed by atoms with van der Waals surface area (Å²) in [5.41, 5.74) is 3.05. The molecule has 1 heterocycles. The lowest BCUT2D eigenvalue weighted by atomic mass is 10.0. The Balaban J connectivity index is 1.77. The number of halogens is 1. The third kappa shape index (κ3) is 2.57. The molecule has 0 saturated heterocycles. The molecular weight excluding hydrogens is 253 g/mol. The standard InChI is InChI=1S/C17H16FNO/c18-16-9-5-8-13(10-16)17(20)19-11-14-6-3-1-2-4-7-15(14)12-19/h1-5,8-10H,6-7,11-12H2/b3-1-,4-2?. The molecule has 0 saturated carbocycles. The normalized spacial score (nSPS) is 19.6. The Kier molecular flexibility index (Phi) is 3.50. The summed E-state index contributed by atoms with van der Waals surface area (Å²) in [7, 11) is 0. The molecule has 3 rings (SSSR count). The molecular formula is C17H16FNO. The lowest BCUT2D eigenvalue weighted by Gasteiger charge is -2.16. The van der Waals surface area contributed by atoms with E-state index in [0.717, 1.165) is 12.8 Å². The van der Waals surface area contributed by atoms with Gasteiger partial charge in [-0.3, -0.25) is 4.79 Å². The highest BCUT2D eigenvalue weighted by molar-refractivity contribution is 5.94. The molecule has 0 unspecified atom stereocenters. The van der Waals surface area contributed by atoms with Crippen LogP contribution in [0.3, 0.4) is 0 Å². The van der Waals surface area contributed by atoms with Crippen LogP contribution in [-0.4, -0.2) is 23.9 Å². The van der Waals surface area contributed by atoms with Gasteiger partial charge in [0.1, 0.15) is 5.82 Å². The first-order chi connectivity index (χ1) is 9.74. The molecule has 0 fully saturated rings. The fraction of sp³-hybridized carbons (Fsp3) is 0.235. The summed E-state index contributed by atoms with van der Waals surface area (Å²) < 4.78 is 13.2. The summed E-state index contributed by atoms with van der Waals surface area (Å²) in [5, 5.41) is 0. The number of hydrogen-bond donors (Lipinski definition) is 0. The first kappa shape index (κ1) is 12.9. The molecule has 1 aromatic rings. The minimum atomic E-state index is -0.368. The van der Waals surface area contributed by atoms with Crippen molar-refractivity contribution >= 4 is 5.91 Å². The van der Waals surface area contributed by atoms with Crippen LogP contribution in [0, 0.1) is 5.82 Å². The maximum atomic E-state index is 13.2. The summed E-state index contributed by atoms with van der Waals surface area (Å²) in [6.45, 7) is 1.31. The molecule has 2 aliphatic rings. The van der Waals surface area contributed by atoms with Gasteiger partial charge in [0.05, 0.1) is 0 Å². The molecule has 0 spiro atoms. The van der Waals surface area contributed by atoms with Crippen molar-refractivity contribution in [3.63, 3.8) is 0 Å². The van der Waals surface area contributed by atoms with Crippen molar-refractivity contribution in [1.82, 2.24) is 4.90 Å². The topological polar surface area (TPSA) is 20.3 Å². The lowest BCUT2D eigenvalue weighted by Crippen LogP contribution is -2.29. The van der Waals surface area contributed by atoms with E-state index in [-0.39, 0.29) is 11.7 Å². The van der Waals surface area contributed by atoms with E-state index in [9.17, 15) is 9.18 Å². The van der Waals surface area contributed by atoms with Crippen molar-refractivity contribution in [3.8, 4) is 0 Å². The van der Waals surface area contributed by atoms with Crippen molar-refractivity contribution in [2.45, 2.75) is 12.8 Å². The van der Waals surface area contributed by atoms with Crippen molar-refractivity contribution in [2.24, 2.45) is 0 Å². The van der Waals surface area contributed by atoms with Gasteiger partial charge < -0.3 is 4.90 Å². The van der Waals surface area contributed by atoms with Crippen LogP contribution in [0.2, 0.25) is 0 Å². The predicted octanol–water partition coefficient (Wildman–Crippen LogP) is 3.48. The van der Waals surface area contributed by atoms with E-state index in [1.165, 1.54) is 23.3 Å². The summed E-state index contributed by atoms with van der Waals surface area (Å²) in [4.78, 5) is 14.2. The van der Waals surface area contributed by atoms with E-state index in [4.69, 9.17) is 0 Å². The smallest absolute Gasteiger partial charge is 0.254 e. The number of rotatable bonds is 1. The zero-order valence-electron chi connectivity index (χ0n) is 11.2. The summed E-state index contributed by atoms with van der Waals surface area (Å²) in [5.74, 6) is -0.462. The zero-order chi connectivity index (χ0) is 13.9. The predicted molar refractivity (Wildman–Crippen MR) is 76.8 cm³/mol. The van der Waals surface area contributed by atoms with Gasteiger partial charge in [-0.15, -0.1) is 0 Å². The first-order valence-electron chi connectivity index (χ1n) is 6.80. The zero-order valence-corrected chi connectivity index (χ0v) is 11.2. The van der Waals surface area contributed by atoms with E-state index in [2.05, 4.69) is 12.2 Å². The molecule has 3 heteroatoms. The molecule has 102 valence electrons. The van der Waals surface area contributed by atoms with Gasteiger partial charge in [0.25, 0.3) is 5.91 Å². The molecule has 0 atom stereocenters. The molecule has 1 amide bonds. The second-order valence-corrected chi connectivity index (χ2v) is 5.14. The fourth-order valence-corrected chi connectivity index (χ4v) is 2.68. The molecule has 20 heavy (non-hydrogen) atoms. The SMILES string of the molecule is O=C(c1cccc(F)c1)N1CC2=C(C/C=C\C=CC2)C1. The minimum Gasteiger partial charge on any atom is -0.331 e. The average molecular weight is 269 g/mol. The summed E-state index contributed by atoms with van der Waals surface area (Å²) in [6, 6.07) is 5.90. The van der Waals surface area contributed by atoms with Gasteiger partial charge >= 0.3 is 0 Å². The maximum Gasteiger partial charge on any atom is 0.254 e. The fourth-order valence-electron chi connectivity index (χ4n) is 2.68. The summed E-state index contributed by atoms with van der Waals surface area (Å²) >= 11 is 0. The van der Waals surface area contributed by atoms with Gasteiger partial charge in [-0.2, -0.15) is 0 Å². The Morgan fingerprint density at radius 3 is 2.30 bits per heavy atom. The quantitative estimate of drug-likeness (QED) is 0.715. The van der Waals surface area contributed by atoms with Crippen molar-refractivity contribution in [3.05, 3.63) is 71.1 Å². The van der Waals surface area contributed by atoms with E-state index >= 15 is 0 Å². The number of nitrogens with zero attached hydrogens (tertiary/aromatic N) is 1. The van der Waals surface area contributed by atoms with Crippen LogP contribution in [0.5, 0.6) is 0 Å². The highest BCUT2D eigenvalue weighted by Gasteiger charge is 2.25. The van der Waals surface area contributed by atoms with Crippen LogP contribution < -0.4 is 0 Å². The molecule has 1 aliphatic heterocycles. The van der Waals surface area contributed by atoms with Gasteiger partial charge in [0.2, 0.25) is 0 Å². The van der Waals surface area contributed by atoms with Crippen LogP contribution in [0.1, 0.15) is 23.2 Å². The first-order valence-corrected chi connectivity index (χ1v) is 6.80. The van der Waals surface area contributed by atoms with Crippen LogP contribution in [0.15, 0.2) is 59.7 Å². The summed E-state index contributed by atoms with van der Waals surface area (Å²) in [6.07, 6.45) is 10.1. The second-order valence-electron chi connectivity index (χ2n) is 5.14. The number of allylic oxidation sites excluding steroid dienone is 4. The molecule has 2 nitrogen and oxygen atoms in total. The third-order valence-electron chi connectivity index (χ3n) is 3.73. The van der Waals surface area contributed by atoms with Crippen LogP contribution in [-0.2, 0) is 0 Å². The Labute approximate surface area is 117 Å². The van der Waals surface area contributed by atoms with Gasteiger partial charge in [-0.25, -0.2) is 4.39 Å². The molecule has 1 aromatic carbocycles. The maximum absolute atomic E-state index is 13.2. The van der Waals surface area contributed by atoms with Crippen LogP contribution >= 0.6 is 0 Å². The van der Waals surface area contributed by atoms with Crippen LogP contribution in [0.25, 0.3) is 0 Å². The van der Waals surface area contributed by atoms with E-state index in [0.29, 0.717) is 18.7 Å². The van der Waals surface area contributed by atoms with Crippen molar-refractivity contribution in [2.75, 3.05) is 13.1 Å². The van der Waals surface area contributed by atoms with Gasteiger partial charge in [0.15, 0.2) is 0 Å². The van der Waals surface area contributed by atoms with Gasteiger partial charge in [-0.05, 0) is 42.2 Å². The van der Waals surface area contributed by atoms with Crippen molar-refractivity contribution in [1.29, 1.82) is 0 Å². The van der Waals surface area contributed by atoms with Gasteiger partial charge in [-0.1, -0.05) is 30.4 Å². The molecule has 0 N–H and O–H groups in total. The number of carbonyl (C=O) groups excluding carboxylic acids is 1. The largest absolute Gasteiger partial charge is 0.331 e. The monoisotopic (exact) mass is 269 g/mol. The molecule has 1 aliphatic carbocycles. The molecule has 0 bridgehead atoms. The highest BCUT2D eigenvalue weighted by Crippen LogP contribution is 2.26. The highest BCUT2D eigenvalue weighted by atomic mass is 19.1. The Morgan fingerprint density at radius 1 is 1.05 bits per heavy atom. The van der Waals surface area contributed by atoms with E-state index < -0.39 is 0 Å². The van der Waals surface area contributed by atoms with Gasteiger partial charge in [0, 0.05) is 18.7 Å². The Morgan fingerprint density at radius 2 is 1.70 bits per heavy atom. The Bertz CT molecular complexity index is 602. The number of amides is 1. The second kappa shape index (κ2) is 5.45. The van der Waals surface area contributed by atoms with E-state index in [1.54, 1.807) is 17.0 Å². The third-order valence-corrected chi connectivity index (χ3v) is 3.73. The average Bonchev–Trinajstić information content (AvgIpc) is 2.80. The molecule has 0 aromatic heterocycles. The van der Waals surface area contributed by atoms with Crippen LogP contribution in [0.4, 0.5) is 4.39 Å².